The highest BCUT2D eigenvalue weighted by Crippen LogP contribution is 2.52. The summed E-state index contributed by atoms with van der Waals surface area (Å²) in [6, 6.07) is 8.79. The molecule has 0 bridgehead atoms. The second-order valence-corrected chi connectivity index (χ2v) is 9.22. The number of carbonyl (C=O) groups is 2. The van der Waals surface area contributed by atoms with E-state index in [9.17, 15) is 18.4 Å². The third-order valence-corrected chi connectivity index (χ3v) is 6.88. The summed E-state index contributed by atoms with van der Waals surface area (Å²) in [6.45, 7) is 0.496. The molecular weight excluding hydrogens is 444 g/mol. The number of fused-ring (bicyclic) bond motifs is 3. The standard InChI is InChI=1S/C22H18BrF2NO3/c23-13-2-4-15-14-3-1-12(7-16(14)22(24,25)17(15)8-13)19(27)10-29-20(28)18-9-21(5-6-21)11-26-18/h1-4,7-8,18,26H,5-6,9-11H2/p+1. The number of hydrogen-bond donors (Lipinski definition) is 1. The minimum atomic E-state index is -3.18. The summed E-state index contributed by atoms with van der Waals surface area (Å²) in [7, 11) is 0. The topological polar surface area (TPSA) is 60.0 Å². The number of nitrogens with two attached hydrogens (primary N) is 1. The van der Waals surface area contributed by atoms with Gasteiger partial charge in [0.05, 0.1) is 6.54 Å². The average molecular weight is 463 g/mol. The van der Waals surface area contributed by atoms with Crippen molar-refractivity contribution in [3.8, 4) is 11.1 Å². The normalized spacial score (nSPS) is 22.2. The zero-order valence-corrected chi connectivity index (χ0v) is 17.1. The summed E-state index contributed by atoms with van der Waals surface area (Å²) in [5, 5.41) is 1.98. The van der Waals surface area contributed by atoms with Gasteiger partial charge in [0.15, 0.2) is 18.4 Å². The maximum Gasteiger partial charge on any atom is 0.365 e. The van der Waals surface area contributed by atoms with Crippen LogP contribution in [0.2, 0.25) is 0 Å². The van der Waals surface area contributed by atoms with Crippen molar-refractivity contribution in [1.82, 2.24) is 0 Å². The van der Waals surface area contributed by atoms with Gasteiger partial charge in [-0.15, -0.1) is 0 Å². The van der Waals surface area contributed by atoms with E-state index in [4.69, 9.17) is 4.74 Å². The van der Waals surface area contributed by atoms with E-state index in [0.29, 0.717) is 21.0 Å². The number of carbonyl (C=O) groups excluding carboxylic acids is 2. The molecule has 1 unspecified atom stereocenters. The van der Waals surface area contributed by atoms with E-state index in [1.54, 1.807) is 18.2 Å². The van der Waals surface area contributed by atoms with E-state index >= 15 is 0 Å². The van der Waals surface area contributed by atoms with Crippen LogP contribution < -0.4 is 5.32 Å². The Morgan fingerprint density at radius 2 is 1.79 bits per heavy atom. The molecule has 0 radical (unpaired) electrons. The fourth-order valence-corrected chi connectivity index (χ4v) is 4.85. The summed E-state index contributed by atoms with van der Waals surface area (Å²) in [4.78, 5) is 24.7. The molecule has 1 aliphatic heterocycles. The lowest BCUT2D eigenvalue weighted by Crippen LogP contribution is -2.89. The van der Waals surface area contributed by atoms with Gasteiger partial charge in [-0.05, 0) is 42.2 Å². The first-order chi connectivity index (χ1) is 13.8. The minimum absolute atomic E-state index is 0.0799. The predicted molar refractivity (Wildman–Crippen MR) is 105 cm³/mol. The molecule has 1 atom stereocenters. The number of quaternary nitrogens is 1. The maximum atomic E-state index is 14.9. The predicted octanol–water partition coefficient (Wildman–Crippen LogP) is 3.41. The van der Waals surface area contributed by atoms with Gasteiger partial charge in [0.2, 0.25) is 0 Å². The molecule has 2 aromatic carbocycles. The molecule has 0 aromatic heterocycles. The van der Waals surface area contributed by atoms with E-state index in [1.807, 2.05) is 5.32 Å². The van der Waals surface area contributed by atoms with Crippen LogP contribution in [0.1, 0.15) is 40.7 Å². The first-order valence-corrected chi connectivity index (χ1v) is 10.4. The molecule has 7 heteroatoms. The first-order valence-electron chi connectivity index (χ1n) is 9.65. The van der Waals surface area contributed by atoms with Crippen LogP contribution in [0, 0.1) is 5.41 Å². The van der Waals surface area contributed by atoms with Gasteiger partial charge < -0.3 is 10.1 Å². The van der Waals surface area contributed by atoms with Crippen LogP contribution in [0.15, 0.2) is 40.9 Å². The summed E-state index contributed by atoms with van der Waals surface area (Å²) >= 11 is 3.23. The van der Waals surface area contributed by atoms with Gasteiger partial charge in [-0.2, -0.15) is 8.78 Å². The lowest BCUT2D eigenvalue weighted by molar-refractivity contribution is -0.661. The van der Waals surface area contributed by atoms with E-state index in [2.05, 4.69) is 15.9 Å². The lowest BCUT2D eigenvalue weighted by Gasteiger charge is -2.13. The number of halogens is 3. The SMILES string of the molecule is O=C(COC(=O)C1CC2(CC2)C[NH2+]1)c1ccc2c(c1)C(F)(F)c1cc(Br)ccc1-2. The third-order valence-electron chi connectivity index (χ3n) is 6.38. The summed E-state index contributed by atoms with van der Waals surface area (Å²) in [5.74, 6) is -4.06. The van der Waals surface area contributed by atoms with Crippen LogP contribution in [0.4, 0.5) is 8.78 Å². The van der Waals surface area contributed by atoms with Crippen LogP contribution in [-0.2, 0) is 15.5 Å². The fraction of sp³-hybridized carbons (Fsp3) is 0.364. The molecule has 29 heavy (non-hydrogen) atoms. The largest absolute Gasteiger partial charge is 0.453 e. The highest BCUT2D eigenvalue weighted by molar-refractivity contribution is 9.10. The number of hydrogen-bond acceptors (Lipinski definition) is 3. The van der Waals surface area contributed by atoms with Gasteiger partial charge in [0.1, 0.15) is 0 Å². The number of ketones is 1. The van der Waals surface area contributed by atoms with Crippen molar-refractivity contribution in [2.75, 3.05) is 13.2 Å². The smallest absolute Gasteiger partial charge is 0.365 e. The van der Waals surface area contributed by atoms with Crippen LogP contribution in [0.25, 0.3) is 11.1 Å². The lowest BCUT2D eigenvalue weighted by atomic mass is 10.0. The zero-order chi connectivity index (χ0) is 20.4. The molecule has 2 fully saturated rings. The number of rotatable bonds is 4. The summed E-state index contributed by atoms with van der Waals surface area (Å²) in [6.07, 6.45) is 3.09. The first kappa shape index (κ1) is 18.9. The second kappa shape index (κ2) is 6.44. The quantitative estimate of drug-likeness (QED) is 0.559. The Morgan fingerprint density at radius 3 is 2.48 bits per heavy atom. The Morgan fingerprint density at radius 1 is 1.10 bits per heavy atom. The molecule has 150 valence electrons. The van der Waals surface area contributed by atoms with E-state index < -0.39 is 24.3 Å². The molecule has 1 spiro atoms. The van der Waals surface area contributed by atoms with E-state index in [0.717, 1.165) is 25.8 Å². The molecule has 0 amide bonds. The molecule has 5 rings (SSSR count). The van der Waals surface area contributed by atoms with Crippen LogP contribution in [0.5, 0.6) is 0 Å². The number of Topliss-reactive ketones (excluding diaryl/α,β-unsaturated/α-hetero) is 1. The number of alkyl halides is 2. The van der Waals surface area contributed by atoms with Crippen molar-refractivity contribution in [2.24, 2.45) is 5.41 Å². The Hall–Kier alpha value is -2.12. The van der Waals surface area contributed by atoms with Gasteiger partial charge in [-0.25, -0.2) is 4.79 Å². The molecule has 2 aromatic rings. The van der Waals surface area contributed by atoms with Gasteiger partial charge >= 0.3 is 5.97 Å². The van der Waals surface area contributed by atoms with Crippen LogP contribution >= 0.6 is 15.9 Å². The van der Waals surface area contributed by atoms with Gasteiger partial charge in [-0.3, -0.25) is 4.79 Å². The molecule has 1 heterocycles. The molecule has 4 nitrogen and oxygen atoms in total. The zero-order valence-electron chi connectivity index (χ0n) is 15.5. The highest BCUT2D eigenvalue weighted by Gasteiger charge is 2.54. The van der Waals surface area contributed by atoms with E-state index in [1.165, 1.54) is 18.2 Å². The maximum absolute atomic E-state index is 14.9. The Bertz CT molecular complexity index is 1050. The molecule has 1 saturated carbocycles. The van der Waals surface area contributed by atoms with Crippen molar-refractivity contribution in [3.63, 3.8) is 0 Å². The Balaban J connectivity index is 1.31. The molecular formula is C22H19BrF2NO3+. The van der Waals surface area contributed by atoms with Gasteiger partial charge in [-0.1, -0.05) is 34.1 Å². The highest BCUT2D eigenvalue weighted by atomic mass is 79.9. The van der Waals surface area contributed by atoms with Crippen molar-refractivity contribution in [2.45, 2.75) is 31.2 Å². The second-order valence-electron chi connectivity index (χ2n) is 8.31. The minimum Gasteiger partial charge on any atom is -0.453 e. The summed E-state index contributed by atoms with van der Waals surface area (Å²) < 4.78 is 35.6. The molecule has 3 aliphatic rings. The van der Waals surface area contributed by atoms with Gasteiger partial charge in [0.25, 0.3) is 5.92 Å². The van der Waals surface area contributed by atoms with Crippen molar-refractivity contribution in [3.05, 3.63) is 57.6 Å². The molecule has 2 N–H and O–H groups in total. The van der Waals surface area contributed by atoms with E-state index in [-0.39, 0.29) is 22.7 Å². The Labute approximate surface area is 174 Å². The summed E-state index contributed by atoms with van der Waals surface area (Å²) in [5.41, 5.74) is 1.03. The van der Waals surface area contributed by atoms with Crippen LogP contribution in [-0.4, -0.2) is 30.9 Å². The van der Waals surface area contributed by atoms with Crippen molar-refractivity contribution < 1.29 is 28.4 Å². The number of benzene rings is 2. The monoisotopic (exact) mass is 462 g/mol. The molecule has 1 saturated heterocycles. The molecule has 2 aliphatic carbocycles. The van der Waals surface area contributed by atoms with Crippen LogP contribution in [0.3, 0.4) is 0 Å². The Kier molecular flexibility index (Phi) is 4.19. The average Bonchev–Trinajstić information content (AvgIpc) is 3.27. The fourth-order valence-electron chi connectivity index (χ4n) is 4.49. The number of ether oxygens (including phenoxy) is 1. The van der Waals surface area contributed by atoms with Crippen molar-refractivity contribution >= 4 is 27.7 Å². The number of esters is 1. The third kappa shape index (κ3) is 3.11. The van der Waals surface area contributed by atoms with Crippen molar-refractivity contribution in [1.29, 1.82) is 0 Å². The van der Waals surface area contributed by atoms with Gasteiger partial charge in [0, 0.05) is 33.0 Å².